The number of rotatable bonds is 7. The summed E-state index contributed by atoms with van der Waals surface area (Å²) in [5.74, 6) is -0.222. The Balaban J connectivity index is 1.50. The van der Waals surface area contributed by atoms with Gasteiger partial charge in [-0.3, -0.25) is 9.59 Å². The molecule has 0 aliphatic rings. The van der Waals surface area contributed by atoms with E-state index in [1.54, 1.807) is 0 Å². The van der Waals surface area contributed by atoms with Crippen LogP contribution in [0.3, 0.4) is 0 Å². The Hall–Kier alpha value is -3.83. The molecule has 0 fully saturated rings. The summed E-state index contributed by atoms with van der Waals surface area (Å²) in [6.45, 7) is 6.01. The average molecular weight is 481 g/mol. The van der Waals surface area contributed by atoms with Crippen LogP contribution in [0.15, 0.2) is 102 Å². The van der Waals surface area contributed by atoms with Crippen LogP contribution < -0.4 is 10.6 Å². The number of hydrogen-bond acceptors (Lipinski definition) is 3. The Kier molecular flexibility index (Phi) is 7.68. The Morgan fingerprint density at radius 1 is 0.657 bits per heavy atom. The average Bonchev–Trinajstić information content (AvgIpc) is 2.86. The van der Waals surface area contributed by atoms with Gasteiger partial charge in [-0.05, 0) is 85.5 Å². The summed E-state index contributed by atoms with van der Waals surface area (Å²) in [4.78, 5) is 26.9. The number of hydrogen-bond donors (Lipinski definition) is 2. The molecule has 176 valence electrons. The number of carbonyl (C=O) groups is 2. The van der Waals surface area contributed by atoms with Crippen molar-refractivity contribution < 1.29 is 9.59 Å². The van der Waals surface area contributed by atoms with Crippen LogP contribution in [0.4, 0.5) is 11.4 Å². The molecule has 0 aromatic heterocycles. The maximum absolute atomic E-state index is 13.3. The highest BCUT2D eigenvalue weighted by Gasteiger charge is 2.22. The summed E-state index contributed by atoms with van der Waals surface area (Å²) >= 11 is 1.48. The molecule has 1 atom stereocenters. The SMILES string of the molecule is Cc1ccc(NC(=O)C(Sc2ccc(NC(=O)c3ccccc3C)cc2)c2ccccc2)cc1C. The molecule has 2 N–H and O–H groups in total. The van der Waals surface area contributed by atoms with Gasteiger partial charge in [0.25, 0.3) is 5.91 Å². The third-order valence-electron chi connectivity index (χ3n) is 5.87. The Morgan fingerprint density at radius 2 is 1.31 bits per heavy atom. The molecule has 4 aromatic carbocycles. The molecule has 0 aliphatic heterocycles. The van der Waals surface area contributed by atoms with E-state index < -0.39 is 5.25 Å². The largest absolute Gasteiger partial charge is 0.325 e. The lowest BCUT2D eigenvalue weighted by Crippen LogP contribution is -2.19. The first-order valence-corrected chi connectivity index (χ1v) is 12.4. The summed E-state index contributed by atoms with van der Waals surface area (Å²) in [7, 11) is 0. The predicted molar refractivity (Wildman–Crippen MR) is 145 cm³/mol. The van der Waals surface area contributed by atoms with Crippen molar-refractivity contribution in [2.24, 2.45) is 0 Å². The van der Waals surface area contributed by atoms with Gasteiger partial charge < -0.3 is 10.6 Å². The minimum absolute atomic E-state index is 0.0821. The van der Waals surface area contributed by atoms with Gasteiger partial charge >= 0.3 is 0 Å². The highest BCUT2D eigenvalue weighted by atomic mass is 32.2. The van der Waals surface area contributed by atoms with E-state index in [4.69, 9.17) is 0 Å². The number of benzene rings is 4. The van der Waals surface area contributed by atoms with Crippen molar-refractivity contribution in [2.45, 2.75) is 30.9 Å². The van der Waals surface area contributed by atoms with Crippen molar-refractivity contribution in [1.29, 1.82) is 0 Å². The molecule has 0 aliphatic carbocycles. The fraction of sp³-hybridized carbons (Fsp3) is 0.133. The molecule has 0 saturated heterocycles. The normalized spacial score (nSPS) is 11.5. The van der Waals surface area contributed by atoms with Crippen molar-refractivity contribution in [3.63, 3.8) is 0 Å². The van der Waals surface area contributed by atoms with Gasteiger partial charge in [0.15, 0.2) is 0 Å². The van der Waals surface area contributed by atoms with E-state index in [0.717, 1.165) is 27.3 Å². The molecule has 4 aromatic rings. The number of carbonyl (C=O) groups excluding carboxylic acids is 2. The first-order valence-electron chi connectivity index (χ1n) is 11.5. The van der Waals surface area contributed by atoms with Crippen LogP contribution >= 0.6 is 11.8 Å². The van der Waals surface area contributed by atoms with Gasteiger partial charge in [0.2, 0.25) is 5.91 Å². The highest BCUT2D eigenvalue weighted by Crippen LogP contribution is 2.37. The third kappa shape index (κ3) is 6.19. The fourth-order valence-corrected chi connectivity index (χ4v) is 4.73. The molecule has 5 heteroatoms. The minimum atomic E-state index is -0.426. The highest BCUT2D eigenvalue weighted by molar-refractivity contribution is 8.00. The van der Waals surface area contributed by atoms with Gasteiger partial charge in [0.1, 0.15) is 5.25 Å². The number of aryl methyl sites for hydroxylation is 3. The number of anilines is 2. The zero-order valence-electron chi connectivity index (χ0n) is 20.0. The van der Waals surface area contributed by atoms with Crippen molar-refractivity contribution in [2.75, 3.05) is 10.6 Å². The van der Waals surface area contributed by atoms with Gasteiger partial charge in [-0.2, -0.15) is 0 Å². The maximum atomic E-state index is 13.3. The van der Waals surface area contributed by atoms with Crippen LogP contribution in [-0.4, -0.2) is 11.8 Å². The molecular formula is C30H28N2O2S. The maximum Gasteiger partial charge on any atom is 0.255 e. The Labute approximate surface area is 210 Å². The monoisotopic (exact) mass is 480 g/mol. The Bertz CT molecular complexity index is 1330. The van der Waals surface area contributed by atoms with Crippen LogP contribution in [0, 0.1) is 20.8 Å². The molecule has 0 heterocycles. The van der Waals surface area contributed by atoms with Crippen LogP contribution in [0.5, 0.6) is 0 Å². The Morgan fingerprint density at radius 3 is 2.00 bits per heavy atom. The van der Waals surface area contributed by atoms with E-state index in [1.165, 1.54) is 17.3 Å². The van der Waals surface area contributed by atoms with E-state index >= 15 is 0 Å². The predicted octanol–water partition coefficient (Wildman–Crippen LogP) is 7.34. The van der Waals surface area contributed by atoms with Crippen molar-refractivity contribution in [3.8, 4) is 0 Å². The number of amides is 2. The quantitative estimate of drug-likeness (QED) is 0.272. The van der Waals surface area contributed by atoms with Gasteiger partial charge in [-0.1, -0.05) is 54.6 Å². The second-order valence-electron chi connectivity index (χ2n) is 8.49. The standard InChI is InChI=1S/C30H28N2O2S/c1-20-13-14-25(19-22(20)3)32-30(34)28(23-10-5-4-6-11-23)35-26-17-15-24(16-18-26)31-29(33)27-12-8-7-9-21(27)2/h4-19,28H,1-3H3,(H,31,33)(H,32,34). The van der Waals surface area contributed by atoms with E-state index in [1.807, 2.05) is 111 Å². The molecule has 4 nitrogen and oxygen atoms in total. The topological polar surface area (TPSA) is 58.2 Å². The minimum Gasteiger partial charge on any atom is -0.325 e. The molecular weight excluding hydrogens is 452 g/mol. The third-order valence-corrected chi connectivity index (χ3v) is 7.14. The molecule has 1 unspecified atom stereocenters. The molecule has 35 heavy (non-hydrogen) atoms. The van der Waals surface area contributed by atoms with Gasteiger partial charge in [0, 0.05) is 21.8 Å². The lowest BCUT2D eigenvalue weighted by atomic mass is 10.1. The summed E-state index contributed by atoms with van der Waals surface area (Å²) in [5, 5.41) is 5.60. The summed E-state index contributed by atoms with van der Waals surface area (Å²) in [6, 6.07) is 30.8. The summed E-state index contributed by atoms with van der Waals surface area (Å²) in [5.41, 5.74) is 6.32. The van der Waals surface area contributed by atoms with Crippen molar-refractivity contribution >= 4 is 35.0 Å². The lowest BCUT2D eigenvalue weighted by Gasteiger charge is -2.18. The molecule has 0 spiro atoms. The van der Waals surface area contributed by atoms with E-state index in [-0.39, 0.29) is 11.8 Å². The number of thioether (sulfide) groups is 1. The second-order valence-corrected chi connectivity index (χ2v) is 9.67. The van der Waals surface area contributed by atoms with Crippen molar-refractivity contribution in [1.82, 2.24) is 0 Å². The molecule has 4 rings (SSSR count). The van der Waals surface area contributed by atoms with E-state index in [9.17, 15) is 9.59 Å². The summed E-state index contributed by atoms with van der Waals surface area (Å²) in [6.07, 6.45) is 0. The lowest BCUT2D eigenvalue weighted by molar-refractivity contribution is -0.115. The van der Waals surface area contributed by atoms with E-state index in [0.29, 0.717) is 11.3 Å². The smallest absolute Gasteiger partial charge is 0.255 e. The zero-order chi connectivity index (χ0) is 24.8. The molecule has 0 bridgehead atoms. The first-order chi connectivity index (χ1) is 16.9. The molecule has 0 saturated carbocycles. The van der Waals surface area contributed by atoms with Gasteiger partial charge in [0.05, 0.1) is 0 Å². The van der Waals surface area contributed by atoms with Crippen LogP contribution in [0.25, 0.3) is 0 Å². The first kappa shape index (κ1) is 24.3. The molecule has 2 amide bonds. The zero-order valence-corrected chi connectivity index (χ0v) is 20.9. The van der Waals surface area contributed by atoms with Crippen LogP contribution in [-0.2, 0) is 4.79 Å². The van der Waals surface area contributed by atoms with Crippen molar-refractivity contribution in [3.05, 3.63) is 125 Å². The van der Waals surface area contributed by atoms with Crippen LogP contribution in [0.2, 0.25) is 0 Å². The van der Waals surface area contributed by atoms with E-state index in [2.05, 4.69) is 17.6 Å². The van der Waals surface area contributed by atoms with Gasteiger partial charge in [-0.15, -0.1) is 11.8 Å². The van der Waals surface area contributed by atoms with Crippen LogP contribution in [0.1, 0.15) is 37.9 Å². The second kappa shape index (κ2) is 11.1. The number of nitrogens with one attached hydrogen (secondary N) is 2. The van der Waals surface area contributed by atoms with Gasteiger partial charge in [-0.25, -0.2) is 0 Å². The fourth-order valence-electron chi connectivity index (χ4n) is 3.71. The molecule has 0 radical (unpaired) electrons. The summed E-state index contributed by atoms with van der Waals surface area (Å²) < 4.78 is 0.